The van der Waals surface area contributed by atoms with Crippen LogP contribution in [0.1, 0.15) is 0 Å². The van der Waals surface area contributed by atoms with Gasteiger partial charge in [0.1, 0.15) is 5.75 Å². The van der Waals surface area contributed by atoms with E-state index in [1.807, 2.05) is 24.3 Å². The molecule has 5 nitrogen and oxygen atoms in total. The normalized spacial score (nSPS) is 14.2. The van der Waals surface area contributed by atoms with Gasteiger partial charge >= 0.3 is 0 Å². The Morgan fingerprint density at radius 2 is 1.92 bits per heavy atom. The van der Waals surface area contributed by atoms with Crippen molar-refractivity contribution >= 4 is 44.8 Å². The highest BCUT2D eigenvalue weighted by Gasteiger charge is 2.11. The molecule has 1 saturated heterocycles. The van der Waals surface area contributed by atoms with E-state index in [0.717, 1.165) is 37.7 Å². The quantitative estimate of drug-likeness (QED) is 0.788. The lowest BCUT2D eigenvalue weighted by Crippen LogP contribution is -2.36. The lowest BCUT2D eigenvalue weighted by Gasteiger charge is -2.28. The van der Waals surface area contributed by atoms with Crippen molar-refractivity contribution < 1.29 is 14.3 Å². The standard InChI is InChI=1S/C18H18BrClN2O3/c19-16-11-13(20)1-6-17(16)25-12-18(23)21-14-2-4-15(5-3-14)22-7-9-24-10-8-22/h1-6,11H,7-10,12H2,(H,21,23). The zero-order chi connectivity index (χ0) is 17.6. The number of rotatable bonds is 5. The molecule has 0 radical (unpaired) electrons. The van der Waals surface area contributed by atoms with Crippen molar-refractivity contribution in [2.45, 2.75) is 0 Å². The molecule has 0 unspecified atom stereocenters. The van der Waals surface area contributed by atoms with Gasteiger partial charge in [0.15, 0.2) is 6.61 Å². The number of morpholine rings is 1. The van der Waals surface area contributed by atoms with Crippen LogP contribution in [0.4, 0.5) is 11.4 Å². The molecule has 2 aromatic rings. The highest BCUT2D eigenvalue weighted by molar-refractivity contribution is 9.10. The van der Waals surface area contributed by atoms with Gasteiger partial charge in [-0.2, -0.15) is 0 Å². The van der Waals surface area contributed by atoms with E-state index in [2.05, 4.69) is 26.1 Å². The van der Waals surface area contributed by atoms with E-state index in [1.165, 1.54) is 0 Å². The van der Waals surface area contributed by atoms with Gasteiger partial charge in [-0.1, -0.05) is 11.6 Å². The summed E-state index contributed by atoms with van der Waals surface area (Å²) in [5.41, 5.74) is 1.86. The number of hydrogen-bond donors (Lipinski definition) is 1. The van der Waals surface area contributed by atoms with Crippen molar-refractivity contribution in [3.63, 3.8) is 0 Å². The molecular formula is C18H18BrClN2O3. The molecule has 0 saturated carbocycles. The summed E-state index contributed by atoms with van der Waals surface area (Å²) in [5.74, 6) is 0.350. The first-order valence-corrected chi connectivity index (χ1v) is 9.09. The van der Waals surface area contributed by atoms with E-state index in [-0.39, 0.29) is 12.5 Å². The van der Waals surface area contributed by atoms with Gasteiger partial charge < -0.3 is 19.7 Å². The minimum atomic E-state index is -0.221. The van der Waals surface area contributed by atoms with Gasteiger partial charge in [-0.25, -0.2) is 0 Å². The summed E-state index contributed by atoms with van der Waals surface area (Å²) in [6, 6.07) is 12.9. The van der Waals surface area contributed by atoms with Crippen molar-refractivity contribution in [2.75, 3.05) is 43.1 Å². The Morgan fingerprint density at radius 1 is 1.20 bits per heavy atom. The average molecular weight is 426 g/mol. The van der Waals surface area contributed by atoms with Gasteiger partial charge in [0.2, 0.25) is 0 Å². The van der Waals surface area contributed by atoms with E-state index in [4.69, 9.17) is 21.1 Å². The van der Waals surface area contributed by atoms with E-state index in [0.29, 0.717) is 15.2 Å². The number of halogens is 2. The van der Waals surface area contributed by atoms with Crippen LogP contribution < -0.4 is 15.0 Å². The Morgan fingerprint density at radius 3 is 2.60 bits per heavy atom. The molecule has 1 fully saturated rings. The third-order valence-corrected chi connectivity index (χ3v) is 4.63. The van der Waals surface area contributed by atoms with Gasteiger partial charge in [-0.3, -0.25) is 4.79 Å². The number of anilines is 2. The molecule has 0 atom stereocenters. The fraction of sp³-hybridized carbons (Fsp3) is 0.278. The molecule has 7 heteroatoms. The minimum Gasteiger partial charge on any atom is -0.483 e. The molecule has 1 aliphatic heterocycles. The zero-order valence-corrected chi connectivity index (χ0v) is 15.8. The topological polar surface area (TPSA) is 50.8 Å². The summed E-state index contributed by atoms with van der Waals surface area (Å²) in [7, 11) is 0. The lowest BCUT2D eigenvalue weighted by atomic mass is 10.2. The Bertz CT molecular complexity index is 734. The summed E-state index contributed by atoms with van der Waals surface area (Å²) in [6.45, 7) is 3.18. The highest BCUT2D eigenvalue weighted by atomic mass is 79.9. The molecule has 132 valence electrons. The van der Waals surface area contributed by atoms with E-state index in [9.17, 15) is 4.79 Å². The van der Waals surface area contributed by atoms with Gasteiger partial charge in [0.05, 0.1) is 17.7 Å². The van der Waals surface area contributed by atoms with Crippen LogP contribution in [-0.4, -0.2) is 38.8 Å². The number of amides is 1. The van der Waals surface area contributed by atoms with Crippen molar-refractivity contribution in [2.24, 2.45) is 0 Å². The zero-order valence-electron chi connectivity index (χ0n) is 13.5. The Balaban J connectivity index is 1.52. The molecule has 1 heterocycles. The average Bonchev–Trinajstić information content (AvgIpc) is 2.62. The summed E-state index contributed by atoms with van der Waals surface area (Å²) >= 11 is 9.24. The highest BCUT2D eigenvalue weighted by Crippen LogP contribution is 2.28. The maximum Gasteiger partial charge on any atom is 0.262 e. The molecule has 0 bridgehead atoms. The number of carbonyl (C=O) groups is 1. The van der Waals surface area contributed by atoms with Crippen LogP contribution in [0.15, 0.2) is 46.9 Å². The molecule has 1 amide bonds. The fourth-order valence-corrected chi connectivity index (χ4v) is 3.31. The predicted molar refractivity (Wildman–Crippen MR) is 103 cm³/mol. The number of carbonyl (C=O) groups excluding carboxylic acids is 1. The number of benzene rings is 2. The second-order valence-corrected chi connectivity index (χ2v) is 6.85. The van der Waals surface area contributed by atoms with Crippen molar-refractivity contribution in [3.8, 4) is 5.75 Å². The first kappa shape index (κ1) is 18.0. The molecule has 0 spiro atoms. The predicted octanol–water partition coefficient (Wildman–Crippen LogP) is 3.96. The SMILES string of the molecule is O=C(COc1ccc(Cl)cc1Br)Nc1ccc(N2CCOCC2)cc1. The van der Waals surface area contributed by atoms with Crippen LogP contribution in [0, 0.1) is 0 Å². The van der Waals surface area contributed by atoms with Crippen molar-refractivity contribution in [1.82, 2.24) is 0 Å². The molecule has 0 aromatic heterocycles. The van der Waals surface area contributed by atoms with Crippen LogP contribution in [0.25, 0.3) is 0 Å². The van der Waals surface area contributed by atoms with Crippen LogP contribution in [0.5, 0.6) is 5.75 Å². The molecular weight excluding hydrogens is 408 g/mol. The first-order valence-electron chi connectivity index (χ1n) is 7.92. The fourth-order valence-electron chi connectivity index (χ4n) is 2.51. The molecule has 2 aromatic carbocycles. The van der Waals surface area contributed by atoms with Crippen LogP contribution in [-0.2, 0) is 9.53 Å². The van der Waals surface area contributed by atoms with Crippen molar-refractivity contribution in [3.05, 3.63) is 52.0 Å². The molecule has 0 aliphatic carbocycles. The Kier molecular flexibility index (Phi) is 6.18. The van der Waals surface area contributed by atoms with Crippen LogP contribution in [0.2, 0.25) is 5.02 Å². The van der Waals surface area contributed by atoms with E-state index < -0.39 is 0 Å². The molecule has 1 N–H and O–H groups in total. The second kappa shape index (κ2) is 8.56. The van der Waals surface area contributed by atoms with Gasteiger partial charge in [0, 0.05) is 29.5 Å². The summed E-state index contributed by atoms with van der Waals surface area (Å²) in [6.07, 6.45) is 0. The van der Waals surface area contributed by atoms with Crippen LogP contribution in [0.3, 0.4) is 0 Å². The lowest BCUT2D eigenvalue weighted by molar-refractivity contribution is -0.118. The third-order valence-electron chi connectivity index (χ3n) is 3.78. The maximum absolute atomic E-state index is 12.0. The molecule has 1 aliphatic rings. The third kappa shape index (κ3) is 5.11. The van der Waals surface area contributed by atoms with Gasteiger partial charge in [-0.05, 0) is 58.4 Å². The maximum atomic E-state index is 12.0. The number of hydrogen-bond acceptors (Lipinski definition) is 4. The van der Waals surface area contributed by atoms with Crippen LogP contribution >= 0.6 is 27.5 Å². The van der Waals surface area contributed by atoms with E-state index in [1.54, 1.807) is 18.2 Å². The Hall–Kier alpha value is -1.76. The largest absolute Gasteiger partial charge is 0.483 e. The minimum absolute atomic E-state index is 0.0779. The second-order valence-electron chi connectivity index (χ2n) is 5.56. The number of nitrogens with one attached hydrogen (secondary N) is 1. The number of nitrogens with zero attached hydrogens (tertiary/aromatic N) is 1. The summed E-state index contributed by atoms with van der Waals surface area (Å²) in [4.78, 5) is 14.3. The monoisotopic (exact) mass is 424 g/mol. The van der Waals surface area contributed by atoms with Gasteiger partial charge in [0.25, 0.3) is 5.91 Å². The molecule has 3 rings (SSSR count). The first-order chi connectivity index (χ1) is 12.1. The van der Waals surface area contributed by atoms with Crippen molar-refractivity contribution in [1.29, 1.82) is 0 Å². The Labute approximate surface area is 160 Å². The van der Waals surface area contributed by atoms with E-state index >= 15 is 0 Å². The van der Waals surface area contributed by atoms with Gasteiger partial charge in [-0.15, -0.1) is 0 Å². The molecule has 25 heavy (non-hydrogen) atoms. The summed E-state index contributed by atoms with van der Waals surface area (Å²) in [5, 5.41) is 3.43. The number of ether oxygens (including phenoxy) is 2. The smallest absolute Gasteiger partial charge is 0.262 e. The summed E-state index contributed by atoms with van der Waals surface area (Å²) < 4.78 is 11.6.